The normalized spacial score (nSPS) is 10.8. The lowest BCUT2D eigenvalue weighted by Gasteiger charge is -2.22. The van der Waals surface area contributed by atoms with Gasteiger partial charge in [-0.2, -0.15) is 8.78 Å². The third-order valence-electron chi connectivity index (χ3n) is 4.46. The van der Waals surface area contributed by atoms with Crippen molar-refractivity contribution in [3.8, 4) is 17.2 Å². The molecule has 2 rings (SSSR count). The second-order valence-electron chi connectivity index (χ2n) is 7.07. The molecule has 0 aliphatic heterocycles. The van der Waals surface area contributed by atoms with Crippen LogP contribution in [0.25, 0.3) is 0 Å². The molecule has 0 aliphatic rings. The zero-order valence-corrected chi connectivity index (χ0v) is 18.4. The summed E-state index contributed by atoms with van der Waals surface area (Å²) in [6.45, 7) is -2.77. The zero-order valence-electron chi connectivity index (χ0n) is 18.4. The number of nitrogens with one attached hydrogen (secondary N) is 1. The van der Waals surface area contributed by atoms with Gasteiger partial charge in [-0.25, -0.2) is 0 Å². The Kier molecular flexibility index (Phi) is 9.21. The summed E-state index contributed by atoms with van der Waals surface area (Å²) in [5, 5.41) is 2.71. The Hall–Kier alpha value is -3.40. The van der Waals surface area contributed by atoms with Crippen molar-refractivity contribution >= 4 is 17.5 Å². The molecule has 0 fully saturated rings. The molecule has 2 aromatic rings. The monoisotopic (exact) mass is 451 g/mol. The molecule has 0 spiro atoms. The number of carbonyl (C=O) groups excluding carboxylic acids is 2. The maximum atomic E-state index is 12.6. The van der Waals surface area contributed by atoms with Crippen LogP contribution in [0, 0.1) is 0 Å². The van der Waals surface area contributed by atoms with E-state index in [0.717, 1.165) is 0 Å². The predicted octanol–water partition coefficient (Wildman–Crippen LogP) is 2.83. The molecular weight excluding hydrogens is 424 g/mol. The standard InChI is InChI=1S/C22H27F2N3O5/c1-26(12-15-8-9-18(31-4)19(10-15)32-22(23)24)14-21(29)27(2)13-20(28)25-16-6-5-7-17(11-16)30-3/h5-11,22H,12-14H2,1-4H3,(H,25,28). The molecule has 0 radical (unpaired) electrons. The summed E-state index contributed by atoms with van der Waals surface area (Å²) in [6.07, 6.45) is 0. The Morgan fingerprint density at radius 1 is 1.00 bits per heavy atom. The zero-order chi connectivity index (χ0) is 23.7. The van der Waals surface area contributed by atoms with Crippen LogP contribution in [0.2, 0.25) is 0 Å². The Balaban J connectivity index is 1.89. The van der Waals surface area contributed by atoms with Gasteiger partial charge in [-0.05, 0) is 36.9 Å². The van der Waals surface area contributed by atoms with Gasteiger partial charge >= 0.3 is 6.61 Å². The van der Waals surface area contributed by atoms with Crippen molar-refractivity contribution in [2.75, 3.05) is 46.7 Å². The number of anilines is 1. The van der Waals surface area contributed by atoms with Crippen molar-refractivity contribution in [3.05, 3.63) is 48.0 Å². The lowest BCUT2D eigenvalue weighted by Crippen LogP contribution is -2.40. The quantitative estimate of drug-likeness (QED) is 0.566. The fourth-order valence-corrected chi connectivity index (χ4v) is 2.93. The van der Waals surface area contributed by atoms with E-state index in [1.54, 1.807) is 42.3 Å². The Morgan fingerprint density at radius 3 is 2.41 bits per heavy atom. The highest BCUT2D eigenvalue weighted by atomic mass is 19.3. The van der Waals surface area contributed by atoms with E-state index in [0.29, 0.717) is 23.5 Å². The number of ether oxygens (including phenoxy) is 3. The number of amides is 2. The van der Waals surface area contributed by atoms with E-state index in [1.807, 2.05) is 0 Å². The van der Waals surface area contributed by atoms with Crippen molar-refractivity contribution < 1.29 is 32.6 Å². The van der Waals surface area contributed by atoms with Crippen LogP contribution in [0.3, 0.4) is 0 Å². The van der Waals surface area contributed by atoms with Crippen LogP contribution >= 0.6 is 0 Å². The topological polar surface area (TPSA) is 80.3 Å². The molecule has 0 heterocycles. The Labute approximate surface area is 185 Å². The summed E-state index contributed by atoms with van der Waals surface area (Å²) in [5.41, 5.74) is 1.23. The van der Waals surface area contributed by atoms with Gasteiger partial charge in [0.2, 0.25) is 11.8 Å². The van der Waals surface area contributed by atoms with E-state index in [9.17, 15) is 18.4 Å². The van der Waals surface area contributed by atoms with Crippen molar-refractivity contribution in [2.45, 2.75) is 13.2 Å². The first kappa shape index (κ1) is 24.9. The number of methoxy groups -OCH3 is 2. The predicted molar refractivity (Wildman–Crippen MR) is 115 cm³/mol. The van der Waals surface area contributed by atoms with Crippen LogP contribution in [0.1, 0.15) is 5.56 Å². The van der Waals surface area contributed by atoms with Gasteiger partial charge in [0, 0.05) is 25.3 Å². The molecule has 32 heavy (non-hydrogen) atoms. The molecule has 0 aromatic heterocycles. The minimum absolute atomic E-state index is 0.0278. The van der Waals surface area contributed by atoms with E-state index in [4.69, 9.17) is 9.47 Å². The first-order chi connectivity index (χ1) is 15.2. The van der Waals surface area contributed by atoms with Crippen LogP contribution in [0.5, 0.6) is 17.2 Å². The summed E-state index contributed by atoms with van der Waals surface area (Å²) in [5.74, 6) is 0.0988. The Morgan fingerprint density at radius 2 is 1.75 bits per heavy atom. The van der Waals surface area contributed by atoms with E-state index >= 15 is 0 Å². The van der Waals surface area contributed by atoms with E-state index in [1.165, 1.54) is 38.3 Å². The van der Waals surface area contributed by atoms with Gasteiger partial charge in [-0.3, -0.25) is 14.5 Å². The molecule has 2 aromatic carbocycles. The Bertz CT molecular complexity index is 926. The highest BCUT2D eigenvalue weighted by molar-refractivity contribution is 5.94. The molecule has 0 saturated carbocycles. The molecule has 0 bridgehead atoms. The number of hydrogen-bond donors (Lipinski definition) is 1. The number of nitrogens with zero attached hydrogens (tertiary/aromatic N) is 2. The van der Waals surface area contributed by atoms with Crippen LogP contribution < -0.4 is 19.5 Å². The minimum Gasteiger partial charge on any atom is -0.497 e. The van der Waals surface area contributed by atoms with Gasteiger partial charge in [0.25, 0.3) is 0 Å². The average molecular weight is 451 g/mol. The van der Waals surface area contributed by atoms with Crippen LogP contribution in [0.15, 0.2) is 42.5 Å². The van der Waals surface area contributed by atoms with Crippen LogP contribution in [-0.2, 0) is 16.1 Å². The lowest BCUT2D eigenvalue weighted by molar-refractivity contribution is -0.134. The second kappa shape index (κ2) is 11.8. The van der Waals surface area contributed by atoms with Gasteiger partial charge < -0.3 is 24.4 Å². The van der Waals surface area contributed by atoms with E-state index in [-0.39, 0.29) is 36.4 Å². The molecule has 0 aliphatic carbocycles. The number of halogens is 2. The van der Waals surface area contributed by atoms with Gasteiger partial charge in [0.15, 0.2) is 11.5 Å². The summed E-state index contributed by atoms with van der Waals surface area (Å²) >= 11 is 0. The largest absolute Gasteiger partial charge is 0.497 e. The number of rotatable bonds is 11. The SMILES string of the molecule is COc1cccc(NC(=O)CN(C)C(=O)CN(C)Cc2ccc(OC)c(OC(F)F)c2)c1. The molecule has 0 unspecified atom stereocenters. The van der Waals surface area contributed by atoms with E-state index < -0.39 is 6.61 Å². The fraction of sp³-hybridized carbons (Fsp3) is 0.364. The first-order valence-corrected chi connectivity index (χ1v) is 9.70. The highest BCUT2D eigenvalue weighted by Crippen LogP contribution is 2.29. The summed E-state index contributed by atoms with van der Waals surface area (Å²) in [6, 6.07) is 11.6. The lowest BCUT2D eigenvalue weighted by atomic mass is 10.2. The third-order valence-corrected chi connectivity index (χ3v) is 4.46. The number of likely N-dealkylation sites (N-methyl/N-ethyl adjacent to an activating group) is 2. The van der Waals surface area contributed by atoms with Gasteiger partial charge in [0.1, 0.15) is 5.75 Å². The molecule has 8 nitrogen and oxygen atoms in total. The second-order valence-corrected chi connectivity index (χ2v) is 7.07. The maximum Gasteiger partial charge on any atom is 0.387 e. The fourth-order valence-electron chi connectivity index (χ4n) is 2.93. The van der Waals surface area contributed by atoms with Gasteiger partial charge in [0.05, 0.1) is 27.3 Å². The van der Waals surface area contributed by atoms with Crippen molar-refractivity contribution in [3.63, 3.8) is 0 Å². The number of benzene rings is 2. The highest BCUT2D eigenvalue weighted by Gasteiger charge is 2.17. The summed E-state index contributed by atoms with van der Waals surface area (Å²) in [7, 11) is 6.13. The van der Waals surface area contributed by atoms with Crippen LogP contribution in [0.4, 0.5) is 14.5 Å². The first-order valence-electron chi connectivity index (χ1n) is 9.70. The molecule has 0 saturated heterocycles. The minimum atomic E-state index is -2.98. The smallest absolute Gasteiger partial charge is 0.387 e. The third kappa shape index (κ3) is 7.69. The maximum absolute atomic E-state index is 12.6. The number of alkyl halides is 2. The van der Waals surface area contributed by atoms with E-state index in [2.05, 4.69) is 10.1 Å². The van der Waals surface area contributed by atoms with Gasteiger partial charge in [-0.1, -0.05) is 12.1 Å². The number of hydrogen-bond acceptors (Lipinski definition) is 6. The average Bonchev–Trinajstić information content (AvgIpc) is 2.73. The van der Waals surface area contributed by atoms with Gasteiger partial charge in [-0.15, -0.1) is 0 Å². The molecule has 174 valence electrons. The molecule has 10 heteroatoms. The molecule has 2 amide bonds. The van der Waals surface area contributed by atoms with Crippen molar-refractivity contribution in [1.82, 2.24) is 9.80 Å². The van der Waals surface area contributed by atoms with Crippen molar-refractivity contribution in [1.29, 1.82) is 0 Å². The summed E-state index contributed by atoms with van der Waals surface area (Å²) in [4.78, 5) is 27.7. The molecule has 0 atom stereocenters. The number of carbonyl (C=O) groups is 2. The van der Waals surface area contributed by atoms with Crippen LogP contribution in [-0.4, -0.2) is 69.6 Å². The summed E-state index contributed by atoms with van der Waals surface area (Å²) < 4.78 is 39.8. The molecule has 1 N–H and O–H groups in total. The van der Waals surface area contributed by atoms with Crippen molar-refractivity contribution in [2.24, 2.45) is 0 Å². The molecular formula is C22H27F2N3O5.